The molecule has 1 saturated heterocycles. The second kappa shape index (κ2) is 8.74. The maximum atomic E-state index is 13.0. The molecule has 0 spiro atoms. The molecule has 5 rings (SSSR count). The van der Waals surface area contributed by atoms with Crippen molar-refractivity contribution < 1.29 is 23.2 Å². The zero-order valence-electron chi connectivity index (χ0n) is 17.8. The van der Waals surface area contributed by atoms with Gasteiger partial charge >= 0.3 is 0 Å². The van der Waals surface area contributed by atoms with E-state index in [1.165, 1.54) is 12.1 Å². The van der Waals surface area contributed by atoms with E-state index in [9.17, 15) is 9.18 Å². The highest BCUT2D eigenvalue weighted by atomic mass is 19.1. The summed E-state index contributed by atoms with van der Waals surface area (Å²) >= 11 is 0. The van der Waals surface area contributed by atoms with Gasteiger partial charge in [-0.1, -0.05) is 5.16 Å². The second-order valence-corrected chi connectivity index (χ2v) is 7.64. The maximum absolute atomic E-state index is 13.0. The van der Waals surface area contributed by atoms with Crippen molar-refractivity contribution in [1.82, 2.24) is 10.1 Å². The Morgan fingerprint density at radius 2 is 1.58 bits per heavy atom. The first-order valence-electron chi connectivity index (χ1n) is 10.4. The van der Waals surface area contributed by atoms with E-state index in [1.807, 2.05) is 36.4 Å². The summed E-state index contributed by atoms with van der Waals surface area (Å²) in [5.74, 6) is 2.26. The van der Waals surface area contributed by atoms with Crippen molar-refractivity contribution >= 4 is 11.6 Å². The second-order valence-electron chi connectivity index (χ2n) is 7.64. The molecule has 0 saturated carbocycles. The summed E-state index contributed by atoms with van der Waals surface area (Å²) in [6.45, 7) is 0.469. The third kappa shape index (κ3) is 4.41. The first-order chi connectivity index (χ1) is 16.1. The maximum Gasteiger partial charge on any atom is 0.232 e. The number of halogens is 1. The van der Waals surface area contributed by atoms with E-state index in [4.69, 9.17) is 14.0 Å². The smallest absolute Gasteiger partial charge is 0.232 e. The molecule has 0 radical (unpaired) electrons. The summed E-state index contributed by atoms with van der Waals surface area (Å²) < 4.78 is 29.4. The molecule has 0 aliphatic carbocycles. The molecule has 33 heavy (non-hydrogen) atoms. The lowest BCUT2D eigenvalue weighted by atomic mass is 10.1. The monoisotopic (exact) mass is 445 g/mol. The number of carbonyl (C=O) groups is 1. The van der Waals surface area contributed by atoms with Crippen molar-refractivity contribution in [2.45, 2.75) is 12.3 Å². The number of hydrogen-bond donors (Lipinski definition) is 0. The van der Waals surface area contributed by atoms with Gasteiger partial charge in [-0.05, 0) is 72.8 Å². The molecule has 1 atom stereocenters. The number of hydrogen-bond acceptors (Lipinski definition) is 6. The van der Waals surface area contributed by atoms with Gasteiger partial charge in [0.2, 0.25) is 17.6 Å². The topological polar surface area (TPSA) is 77.7 Å². The Kier molecular flexibility index (Phi) is 5.48. The average molecular weight is 445 g/mol. The Bertz CT molecular complexity index is 1250. The van der Waals surface area contributed by atoms with Crippen molar-refractivity contribution in [3.63, 3.8) is 0 Å². The molecule has 1 unspecified atom stereocenters. The molecular formula is C25H20FN3O4. The number of carbonyl (C=O) groups excluding carboxylic acids is 1. The van der Waals surface area contributed by atoms with Crippen LogP contribution in [0.2, 0.25) is 0 Å². The minimum absolute atomic E-state index is 0.00668. The lowest BCUT2D eigenvalue weighted by molar-refractivity contribution is -0.117. The van der Waals surface area contributed by atoms with Crippen LogP contribution in [0.3, 0.4) is 0 Å². The largest absolute Gasteiger partial charge is 0.497 e. The molecule has 2 heterocycles. The molecule has 3 aromatic carbocycles. The van der Waals surface area contributed by atoms with Crippen LogP contribution in [0.5, 0.6) is 17.2 Å². The number of ether oxygens (including phenoxy) is 2. The number of nitrogens with zero attached hydrogens (tertiary/aromatic N) is 3. The Morgan fingerprint density at radius 3 is 2.24 bits per heavy atom. The summed E-state index contributed by atoms with van der Waals surface area (Å²) in [6.07, 6.45) is 0.304. The van der Waals surface area contributed by atoms with E-state index < -0.39 is 0 Å². The van der Waals surface area contributed by atoms with E-state index in [0.29, 0.717) is 36.2 Å². The molecule has 1 fully saturated rings. The molecule has 1 aliphatic heterocycles. The van der Waals surface area contributed by atoms with Gasteiger partial charge in [0.05, 0.1) is 13.0 Å². The third-order valence-electron chi connectivity index (χ3n) is 5.46. The summed E-state index contributed by atoms with van der Waals surface area (Å²) in [7, 11) is 1.60. The van der Waals surface area contributed by atoms with Crippen LogP contribution in [0.15, 0.2) is 77.3 Å². The third-order valence-corrected chi connectivity index (χ3v) is 5.46. The van der Waals surface area contributed by atoms with Gasteiger partial charge in [-0.3, -0.25) is 4.79 Å². The number of anilines is 1. The van der Waals surface area contributed by atoms with Crippen LogP contribution >= 0.6 is 0 Å². The first kappa shape index (κ1) is 20.7. The quantitative estimate of drug-likeness (QED) is 0.406. The molecule has 1 amide bonds. The molecule has 166 valence electrons. The predicted molar refractivity (Wildman–Crippen MR) is 119 cm³/mol. The molecule has 1 aliphatic rings. The minimum atomic E-state index is -0.318. The summed E-state index contributed by atoms with van der Waals surface area (Å²) in [5.41, 5.74) is 1.56. The highest BCUT2D eigenvalue weighted by Crippen LogP contribution is 2.33. The summed E-state index contributed by atoms with van der Waals surface area (Å²) in [5, 5.41) is 4.08. The molecule has 4 aromatic rings. The Morgan fingerprint density at radius 1 is 0.939 bits per heavy atom. The Hall–Kier alpha value is -4.20. The van der Waals surface area contributed by atoms with Crippen molar-refractivity contribution in [1.29, 1.82) is 0 Å². The Balaban J connectivity index is 1.27. The van der Waals surface area contributed by atoms with Gasteiger partial charge in [0.25, 0.3) is 0 Å². The fraction of sp³-hybridized carbons (Fsp3) is 0.160. The van der Waals surface area contributed by atoms with E-state index in [1.54, 1.807) is 36.3 Å². The summed E-state index contributed by atoms with van der Waals surface area (Å²) in [4.78, 5) is 18.8. The van der Waals surface area contributed by atoms with Crippen LogP contribution in [-0.2, 0) is 4.79 Å². The normalized spacial score (nSPS) is 15.6. The van der Waals surface area contributed by atoms with Gasteiger partial charge in [0.1, 0.15) is 23.1 Å². The van der Waals surface area contributed by atoms with E-state index in [-0.39, 0.29) is 17.6 Å². The molecule has 8 heteroatoms. The molecular weight excluding hydrogens is 425 g/mol. The van der Waals surface area contributed by atoms with Gasteiger partial charge in [-0.2, -0.15) is 4.98 Å². The number of aromatic nitrogens is 2. The fourth-order valence-corrected chi connectivity index (χ4v) is 3.71. The number of rotatable bonds is 6. The van der Waals surface area contributed by atoms with Crippen molar-refractivity contribution in [3.05, 3.63) is 84.5 Å². The van der Waals surface area contributed by atoms with Gasteiger partial charge < -0.3 is 18.9 Å². The van der Waals surface area contributed by atoms with Crippen LogP contribution < -0.4 is 14.4 Å². The van der Waals surface area contributed by atoms with Gasteiger partial charge in [-0.25, -0.2) is 4.39 Å². The standard InChI is InChI=1S/C25H20FN3O4/c1-31-20-12-6-19(7-13-20)29-15-17(14-23(29)30)25-27-24(28-33-25)16-2-8-21(9-3-16)32-22-10-4-18(26)5-11-22/h2-13,17H,14-15H2,1H3. The Labute approximate surface area is 189 Å². The minimum Gasteiger partial charge on any atom is -0.497 e. The lowest BCUT2D eigenvalue weighted by Crippen LogP contribution is -2.24. The summed E-state index contributed by atoms with van der Waals surface area (Å²) in [6, 6.07) is 20.4. The highest BCUT2D eigenvalue weighted by molar-refractivity contribution is 5.96. The zero-order valence-corrected chi connectivity index (χ0v) is 17.8. The zero-order chi connectivity index (χ0) is 22.8. The van der Waals surface area contributed by atoms with Crippen LogP contribution in [0.25, 0.3) is 11.4 Å². The van der Waals surface area contributed by atoms with Crippen LogP contribution in [0, 0.1) is 5.82 Å². The average Bonchev–Trinajstić information content (AvgIpc) is 3.48. The van der Waals surface area contributed by atoms with Crippen molar-refractivity contribution in [3.8, 4) is 28.6 Å². The van der Waals surface area contributed by atoms with E-state index in [2.05, 4.69) is 10.1 Å². The van der Waals surface area contributed by atoms with E-state index in [0.717, 1.165) is 17.0 Å². The number of methoxy groups -OCH3 is 1. The van der Waals surface area contributed by atoms with Crippen LogP contribution in [0.1, 0.15) is 18.2 Å². The van der Waals surface area contributed by atoms with Gasteiger partial charge in [-0.15, -0.1) is 0 Å². The number of amides is 1. The molecule has 7 nitrogen and oxygen atoms in total. The van der Waals surface area contributed by atoms with Crippen molar-refractivity contribution in [2.24, 2.45) is 0 Å². The SMILES string of the molecule is COc1ccc(N2CC(c3nc(-c4ccc(Oc5ccc(F)cc5)cc4)no3)CC2=O)cc1. The van der Waals surface area contributed by atoms with Crippen LogP contribution in [0.4, 0.5) is 10.1 Å². The highest BCUT2D eigenvalue weighted by Gasteiger charge is 2.35. The van der Waals surface area contributed by atoms with E-state index >= 15 is 0 Å². The van der Waals surface area contributed by atoms with Crippen molar-refractivity contribution in [2.75, 3.05) is 18.6 Å². The van der Waals surface area contributed by atoms with Crippen LogP contribution in [-0.4, -0.2) is 29.7 Å². The molecule has 1 aromatic heterocycles. The fourth-order valence-electron chi connectivity index (χ4n) is 3.71. The number of benzene rings is 3. The molecule has 0 N–H and O–H groups in total. The first-order valence-corrected chi connectivity index (χ1v) is 10.4. The lowest BCUT2D eigenvalue weighted by Gasteiger charge is -2.16. The molecule has 0 bridgehead atoms. The van der Waals surface area contributed by atoms with Gasteiger partial charge in [0, 0.05) is 24.2 Å². The predicted octanol–water partition coefficient (Wildman–Crippen LogP) is 5.20. The van der Waals surface area contributed by atoms with Gasteiger partial charge in [0.15, 0.2) is 0 Å².